The van der Waals surface area contributed by atoms with Crippen LogP contribution >= 0.6 is 0 Å². The summed E-state index contributed by atoms with van der Waals surface area (Å²) in [5.74, 6) is -1.25. The number of aromatic nitrogens is 3. The van der Waals surface area contributed by atoms with Crippen molar-refractivity contribution in [2.75, 3.05) is 35.8 Å². The predicted molar refractivity (Wildman–Crippen MR) is 214 cm³/mol. The Labute approximate surface area is 313 Å². The average Bonchev–Trinajstić information content (AvgIpc) is 3.25. The summed E-state index contributed by atoms with van der Waals surface area (Å²) in [6.07, 6.45) is 4.88. The molecule has 54 heavy (non-hydrogen) atoms. The summed E-state index contributed by atoms with van der Waals surface area (Å²) in [7, 11) is 4.90. The lowest BCUT2D eigenvalue weighted by molar-refractivity contribution is 0.0992. The Morgan fingerprint density at radius 3 is 0.852 bits per heavy atom. The van der Waals surface area contributed by atoms with Crippen LogP contribution in [0.25, 0.3) is 33.8 Å². The highest BCUT2D eigenvalue weighted by molar-refractivity contribution is 6.14. The monoisotopic (exact) mass is 708 g/mol. The number of benzene rings is 4. The normalized spacial score (nSPS) is 10.7. The second kappa shape index (κ2) is 15.5. The van der Waals surface area contributed by atoms with E-state index in [2.05, 4.69) is 15.0 Å². The Kier molecular flexibility index (Phi) is 10.1. The molecule has 264 valence electrons. The molecule has 0 saturated carbocycles. The van der Waals surface area contributed by atoms with Crippen LogP contribution in [-0.4, -0.2) is 53.8 Å². The Balaban J connectivity index is 1.20. The number of rotatable bonds is 9. The summed E-state index contributed by atoms with van der Waals surface area (Å²) >= 11 is 0. The van der Waals surface area contributed by atoms with Gasteiger partial charge in [-0.15, -0.1) is 0 Å². The van der Waals surface area contributed by atoms with E-state index in [1.807, 2.05) is 127 Å². The number of nitrogens with zero attached hydrogens (tertiary/aromatic N) is 6. The first-order valence-electron chi connectivity index (χ1n) is 17.3. The van der Waals surface area contributed by atoms with Gasteiger partial charge in [0.2, 0.25) is 0 Å². The second-order valence-corrected chi connectivity index (χ2v) is 12.7. The van der Waals surface area contributed by atoms with Gasteiger partial charge < -0.3 is 14.7 Å². The number of anilines is 3. The maximum atomic E-state index is 14.1. The molecule has 9 heteroatoms. The minimum atomic E-state index is -0.416. The topological polar surface area (TPSA) is 99.6 Å². The van der Waals surface area contributed by atoms with Crippen LogP contribution in [0.3, 0.4) is 0 Å². The lowest BCUT2D eigenvalue weighted by Gasteiger charge is -2.22. The van der Waals surface area contributed by atoms with Gasteiger partial charge in [-0.05, 0) is 54.6 Å². The molecule has 0 bridgehead atoms. The maximum absolute atomic E-state index is 14.1. The van der Waals surface area contributed by atoms with E-state index in [0.717, 1.165) is 33.8 Å². The first-order chi connectivity index (χ1) is 26.3. The average molecular weight is 709 g/mol. The van der Waals surface area contributed by atoms with Crippen molar-refractivity contribution < 1.29 is 14.4 Å². The minimum Gasteiger partial charge on any atom is -0.310 e. The Bertz CT molecular complexity index is 2120. The number of carbonyl (C=O) groups excluding carboxylic acids is 3. The molecule has 0 atom stereocenters. The molecule has 9 nitrogen and oxygen atoms in total. The van der Waals surface area contributed by atoms with Crippen molar-refractivity contribution in [2.24, 2.45) is 0 Å². The van der Waals surface area contributed by atoms with Crippen molar-refractivity contribution in [1.82, 2.24) is 15.0 Å². The summed E-state index contributed by atoms with van der Waals surface area (Å²) in [6, 6.07) is 44.8. The molecule has 0 fully saturated rings. The van der Waals surface area contributed by atoms with E-state index in [4.69, 9.17) is 0 Å². The smallest absolute Gasteiger partial charge is 0.258 e. The highest BCUT2D eigenvalue weighted by Crippen LogP contribution is 2.26. The number of amides is 3. The van der Waals surface area contributed by atoms with E-state index >= 15 is 0 Å². The number of hydrogen-bond acceptors (Lipinski definition) is 6. The third kappa shape index (κ3) is 7.51. The van der Waals surface area contributed by atoms with Gasteiger partial charge in [0.15, 0.2) is 0 Å². The quantitative estimate of drug-likeness (QED) is 0.149. The zero-order valence-corrected chi connectivity index (χ0v) is 30.0. The van der Waals surface area contributed by atoms with Crippen LogP contribution in [0.5, 0.6) is 0 Å². The van der Waals surface area contributed by atoms with Gasteiger partial charge >= 0.3 is 0 Å². The van der Waals surface area contributed by atoms with E-state index in [0.29, 0.717) is 17.1 Å². The fourth-order valence-electron chi connectivity index (χ4n) is 6.02. The van der Waals surface area contributed by atoms with Crippen molar-refractivity contribution in [1.29, 1.82) is 0 Å². The third-order valence-corrected chi connectivity index (χ3v) is 9.20. The molecular weight excluding hydrogens is 673 g/mol. The Hall–Kier alpha value is -7.26. The zero-order chi connectivity index (χ0) is 37.6. The van der Waals surface area contributed by atoms with E-state index in [9.17, 15) is 14.4 Å². The highest BCUT2D eigenvalue weighted by atomic mass is 16.2. The molecular formula is C45H36N6O3. The van der Waals surface area contributed by atoms with Crippen LogP contribution in [0.1, 0.15) is 31.1 Å². The van der Waals surface area contributed by atoms with Gasteiger partial charge in [-0.25, -0.2) is 0 Å². The van der Waals surface area contributed by atoms with E-state index in [1.54, 1.807) is 39.7 Å². The molecule has 0 aliphatic carbocycles. The van der Waals surface area contributed by atoms with Crippen LogP contribution in [0, 0.1) is 0 Å². The lowest BCUT2D eigenvalue weighted by atomic mass is 10.0. The molecule has 3 amide bonds. The number of hydrogen-bond donors (Lipinski definition) is 0. The SMILES string of the molecule is CN(C(=O)c1cc(C(=O)N(C)c2ccc(-c3ccccc3)nc2)cc(C(=O)N(C)c2ccc(-c3ccccc3)nc2)c1)c1ccc(-c2ccccc2)nc1. The van der Waals surface area contributed by atoms with Crippen molar-refractivity contribution in [2.45, 2.75) is 0 Å². The molecule has 0 spiro atoms. The fourth-order valence-corrected chi connectivity index (χ4v) is 6.02. The van der Waals surface area contributed by atoms with Crippen molar-refractivity contribution >= 4 is 34.8 Å². The summed E-state index contributed by atoms with van der Waals surface area (Å²) < 4.78 is 0. The van der Waals surface area contributed by atoms with Crippen molar-refractivity contribution in [3.05, 3.63) is 181 Å². The van der Waals surface area contributed by atoms with Crippen LogP contribution < -0.4 is 14.7 Å². The molecule has 3 heterocycles. The fraction of sp³-hybridized carbons (Fsp3) is 0.0667. The van der Waals surface area contributed by atoms with E-state index in [1.165, 1.54) is 32.9 Å². The van der Waals surface area contributed by atoms with E-state index < -0.39 is 17.7 Å². The highest BCUT2D eigenvalue weighted by Gasteiger charge is 2.24. The van der Waals surface area contributed by atoms with Crippen LogP contribution in [0.15, 0.2) is 164 Å². The largest absolute Gasteiger partial charge is 0.310 e. The van der Waals surface area contributed by atoms with Gasteiger partial charge in [-0.3, -0.25) is 29.3 Å². The summed E-state index contributed by atoms with van der Waals surface area (Å²) in [6.45, 7) is 0. The Morgan fingerprint density at radius 2 is 0.630 bits per heavy atom. The summed E-state index contributed by atoms with van der Waals surface area (Å²) in [4.78, 5) is 60.4. The van der Waals surface area contributed by atoms with E-state index in [-0.39, 0.29) is 16.7 Å². The number of pyridine rings is 3. The Morgan fingerprint density at radius 1 is 0.370 bits per heavy atom. The predicted octanol–water partition coefficient (Wildman–Crippen LogP) is 8.70. The maximum Gasteiger partial charge on any atom is 0.258 e. The molecule has 0 saturated heterocycles. The first kappa shape index (κ1) is 35.2. The molecule has 0 aliphatic heterocycles. The molecule has 7 aromatic rings. The minimum absolute atomic E-state index is 0.163. The molecule has 3 aromatic heterocycles. The van der Waals surface area contributed by atoms with Crippen LogP contribution in [0.4, 0.5) is 17.1 Å². The van der Waals surface area contributed by atoms with Crippen molar-refractivity contribution in [3.63, 3.8) is 0 Å². The van der Waals surface area contributed by atoms with Crippen LogP contribution in [0.2, 0.25) is 0 Å². The van der Waals surface area contributed by atoms with Gasteiger partial charge in [-0.2, -0.15) is 0 Å². The summed E-state index contributed by atoms with van der Waals surface area (Å²) in [5.41, 5.74) is 7.30. The molecule has 0 unspecified atom stereocenters. The lowest BCUT2D eigenvalue weighted by Crippen LogP contribution is -2.31. The third-order valence-electron chi connectivity index (χ3n) is 9.20. The van der Waals surface area contributed by atoms with Gasteiger partial charge in [-0.1, -0.05) is 91.0 Å². The molecule has 7 rings (SSSR count). The number of carbonyl (C=O) groups is 3. The molecule has 0 aliphatic rings. The van der Waals surface area contributed by atoms with Gasteiger partial charge in [0, 0.05) is 54.5 Å². The zero-order valence-electron chi connectivity index (χ0n) is 30.0. The molecule has 0 N–H and O–H groups in total. The standard InChI is InChI=1S/C45H36N6O3/c1-49(37-19-22-40(46-28-37)31-13-7-4-8-14-31)43(52)34-25-35(44(53)50(2)38-20-23-41(47-29-38)32-15-9-5-10-16-32)27-36(26-34)45(54)51(3)39-21-24-42(48-30-39)33-17-11-6-12-18-33/h4-30H,1-3H3. The first-order valence-corrected chi connectivity index (χ1v) is 17.3. The van der Waals surface area contributed by atoms with Gasteiger partial charge in [0.05, 0.1) is 52.7 Å². The summed E-state index contributed by atoms with van der Waals surface area (Å²) in [5, 5.41) is 0. The van der Waals surface area contributed by atoms with Gasteiger partial charge in [0.25, 0.3) is 17.7 Å². The molecule has 0 radical (unpaired) electrons. The van der Waals surface area contributed by atoms with Crippen LogP contribution in [-0.2, 0) is 0 Å². The van der Waals surface area contributed by atoms with Gasteiger partial charge in [0.1, 0.15) is 0 Å². The van der Waals surface area contributed by atoms with Crippen molar-refractivity contribution in [3.8, 4) is 33.8 Å². The molecule has 4 aromatic carbocycles. The second-order valence-electron chi connectivity index (χ2n) is 12.7.